The number of carbonyl (C=O) groups excluding carboxylic acids is 1. The Morgan fingerprint density at radius 3 is 3.00 bits per heavy atom. The minimum atomic E-state index is -0.501. The van der Waals surface area contributed by atoms with E-state index in [1.54, 1.807) is 13.1 Å². The number of nitrogens with one attached hydrogen (secondary N) is 1. The number of pyridine rings is 1. The molecule has 1 aromatic rings. The minimum absolute atomic E-state index is 0.163. The summed E-state index contributed by atoms with van der Waals surface area (Å²) in [6, 6.07) is 3.91. The summed E-state index contributed by atoms with van der Waals surface area (Å²) >= 11 is 5.64. The quantitative estimate of drug-likeness (QED) is 0.797. The van der Waals surface area contributed by atoms with Gasteiger partial charge in [-0.05, 0) is 25.0 Å². The molecule has 0 bridgehead atoms. The first-order chi connectivity index (χ1) is 7.15. The Balaban J connectivity index is 2.61. The van der Waals surface area contributed by atoms with Crippen molar-refractivity contribution in [2.24, 2.45) is 0 Å². The predicted molar refractivity (Wildman–Crippen MR) is 60.8 cm³/mol. The van der Waals surface area contributed by atoms with E-state index in [1.807, 2.05) is 12.1 Å². The van der Waals surface area contributed by atoms with E-state index in [9.17, 15) is 4.79 Å². The number of aromatic nitrogens is 1. The lowest BCUT2D eigenvalue weighted by atomic mass is 10.1. The van der Waals surface area contributed by atoms with E-state index in [2.05, 4.69) is 17.2 Å². The molecule has 3 nitrogen and oxygen atoms in total. The number of hydrogen-bond acceptors (Lipinski definition) is 2. The highest BCUT2D eigenvalue weighted by Gasteiger charge is 2.09. The van der Waals surface area contributed by atoms with Crippen LogP contribution in [0.25, 0.3) is 0 Å². The molecule has 1 amide bonds. The molecule has 82 valence electrons. The SMILES string of the molecule is CCc1cccnc1CNC(=O)C(C)Cl. The highest BCUT2D eigenvalue weighted by atomic mass is 35.5. The summed E-state index contributed by atoms with van der Waals surface area (Å²) in [5.41, 5.74) is 2.06. The molecule has 0 aliphatic carbocycles. The zero-order valence-corrected chi connectivity index (χ0v) is 9.71. The van der Waals surface area contributed by atoms with Gasteiger partial charge in [0, 0.05) is 6.20 Å². The number of hydrogen-bond donors (Lipinski definition) is 1. The molecule has 1 unspecified atom stereocenters. The topological polar surface area (TPSA) is 42.0 Å². The lowest BCUT2D eigenvalue weighted by Gasteiger charge is -2.08. The first kappa shape index (κ1) is 12.0. The van der Waals surface area contributed by atoms with Crippen molar-refractivity contribution in [2.75, 3.05) is 0 Å². The van der Waals surface area contributed by atoms with Crippen LogP contribution in [0.1, 0.15) is 25.1 Å². The van der Waals surface area contributed by atoms with Crippen LogP contribution in [0.2, 0.25) is 0 Å². The summed E-state index contributed by atoms with van der Waals surface area (Å²) in [5.74, 6) is -0.163. The molecular formula is C11H15ClN2O. The van der Waals surface area contributed by atoms with Gasteiger partial charge in [0.25, 0.3) is 0 Å². The van der Waals surface area contributed by atoms with Gasteiger partial charge < -0.3 is 5.32 Å². The third kappa shape index (κ3) is 3.51. The monoisotopic (exact) mass is 226 g/mol. The molecule has 0 aliphatic rings. The lowest BCUT2D eigenvalue weighted by molar-refractivity contribution is -0.120. The van der Waals surface area contributed by atoms with Crippen LogP contribution in [-0.2, 0) is 17.8 Å². The van der Waals surface area contributed by atoms with Crippen molar-refractivity contribution in [2.45, 2.75) is 32.2 Å². The fraction of sp³-hybridized carbons (Fsp3) is 0.455. The Morgan fingerprint density at radius 2 is 2.40 bits per heavy atom. The average molecular weight is 227 g/mol. The van der Waals surface area contributed by atoms with Gasteiger partial charge in [-0.15, -0.1) is 11.6 Å². The minimum Gasteiger partial charge on any atom is -0.349 e. The van der Waals surface area contributed by atoms with Crippen molar-refractivity contribution < 1.29 is 4.79 Å². The van der Waals surface area contributed by atoms with E-state index in [0.29, 0.717) is 6.54 Å². The molecule has 1 atom stereocenters. The number of nitrogens with zero attached hydrogens (tertiary/aromatic N) is 1. The van der Waals surface area contributed by atoms with Gasteiger partial charge in [0.05, 0.1) is 12.2 Å². The maximum atomic E-state index is 11.2. The number of halogens is 1. The van der Waals surface area contributed by atoms with Crippen molar-refractivity contribution in [1.82, 2.24) is 10.3 Å². The summed E-state index contributed by atoms with van der Waals surface area (Å²) in [6.07, 6.45) is 2.64. The molecule has 0 fully saturated rings. The zero-order valence-electron chi connectivity index (χ0n) is 8.96. The van der Waals surface area contributed by atoms with Gasteiger partial charge in [0.2, 0.25) is 5.91 Å². The molecule has 0 aromatic carbocycles. The van der Waals surface area contributed by atoms with Crippen LogP contribution < -0.4 is 5.32 Å². The zero-order chi connectivity index (χ0) is 11.3. The maximum Gasteiger partial charge on any atom is 0.238 e. The van der Waals surface area contributed by atoms with Crippen LogP contribution in [0, 0.1) is 0 Å². The van der Waals surface area contributed by atoms with Crippen molar-refractivity contribution in [3.63, 3.8) is 0 Å². The molecule has 15 heavy (non-hydrogen) atoms. The van der Waals surface area contributed by atoms with Gasteiger partial charge in [0.1, 0.15) is 5.38 Å². The summed E-state index contributed by atoms with van der Waals surface area (Å²) in [6.45, 7) is 4.16. The van der Waals surface area contributed by atoms with Crippen LogP contribution in [-0.4, -0.2) is 16.3 Å². The van der Waals surface area contributed by atoms with Gasteiger partial charge in [-0.3, -0.25) is 9.78 Å². The van der Waals surface area contributed by atoms with Crippen molar-refractivity contribution >= 4 is 17.5 Å². The second-order valence-electron chi connectivity index (χ2n) is 3.30. The first-order valence-corrected chi connectivity index (χ1v) is 5.43. The van der Waals surface area contributed by atoms with Crippen LogP contribution in [0.5, 0.6) is 0 Å². The van der Waals surface area contributed by atoms with E-state index < -0.39 is 5.38 Å². The van der Waals surface area contributed by atoms with E-state index in [-0.39, 0.29) is 5.91 Å². The Bertz CT molecular complexity index is 339. The van der Waals surface area contributed by atoms with E-state index in [4.69, 9.17) is 11.6 Å². The van der Waals surface area contributed by atoms with Crippen LogP contribution in [0.3, 0.4) is 0 Å². The molecule has 0 spiro atoms. The summed E-state index contributed by atoms with van der Waals surface area (Å²) in [7, 11) is 0. The molecule has 1 aromatic heterocycles. The molecule has 0 saturated heterocycles. The lowest BCUT2D eigenvalue weighted by Crippen LogP contribution is -2.29. The Kier molecular flexibility index (Phi) is 4.56. The van der Waals surface area contributed by atoms with Gasteiger partial charge in [0.15, 0.2) is 0 Å². The van der Waals surface area contributed by atoms with E-state index in [0.717, 1.165) is 17.7 Å². The molecule has 0 aliphatic heterocycles. The molecule has 0 radical (unpaired) electrons. The molecule has 0 saturated carbocycles. The van der Waals surface area contributed by atoms with Crippen LogP contribution in [0.15, 0.2) is 18.3 Å². The van der Waals surface area contributed by atoms with Crippen molar-refractivity contribution in [3.8, 4) is 0 Å². The molecule has 1 N–H and O–H groups in total. The number of aryl methyl sites for hydroxylation is 1. The highest BCUT2D eigenvalue weighted by Crippen LogP contribution is 2.05. The fourth-order valence-corrected chi connectivity index (χ4v) is 1.34. The third-order valence-corrected chi connectivity index (χ3v) is 2.35. The van der Waals surface area contributed by atoms with Crippen LogP contribution in [0.4, 0.5) is 0 Å². The Labute approximate surface area is 94.9 Å². The number of carbonyl (C=O) groups is 1. The fourth-order valence-electron chi connectivity index (χ4n) is 1.26. The summed E-state index contributed by atoms with van der Waals surface area (Å²) < 4.78 is 0. The predicted octanol–water partition coefficient (Wildman–Crippen LogP) is 1.89. The number of amides is 1. The maximum absolute atomic E-state index is 11.2. The van der Waals surface area contributed by atoms with Crippen molar-refractivity contribution in [3.05, 3.63) is 29.6 Å². The standard InChI is InChI=1S/C11H15ClN2O/c1-3-9-5-4-6-13-10(9)7-14-11(15)8(2)12/h4-6,8H,3,7H2,1-2H3,(H,14,15). The smallest absolute Gasteiger partial charge is 0.238 e. The summed E-state index contributed by atoms with van der Waals surface area (Å²) in [4.78, 5) is 15.5. The van der Waals surface area contributed by atoms with E-state index >= 15 is 0 Å². The Hall–Kier alpha value is -1.09. The van der Waals surface area contributed by atoms with Gasteiger partial charge in [-0.25, -0.2) is 0 Å². The molecule has 1 heterocycles. The number of alkyl halides is 1. The van der Waals surface area contributed by atoms with Crippen molar-refractivity contribution in [1.29, 1.82) is 0 Å². The molecule has 1 rings (SSSR count). The summed E-state index contributed by atoms with van der Waals surface area (Å²) in [5, 5.41) is 2.24. The van der Waals surface area contributed by atoms with Crippen LogP contribution >= 0.6 is 11.6 Å². The molecular weight excluding hydrogens is 212 g/mol. The Morgan fingerprint density at radius 1 is 1.67 bits per heavy atom. The first-order valence-electron chi connectivity index (χ1n) is 4.99. The van der Waals surface area contributed by atoms with Gasteiger partial charge in [-0.2, -0.15) is 0 Å². The highest BCUT2D eigenvalue weighted by molar-refractivity contribution is 6.30. The average Bonchev–Trinajstić information content (AvgIpc) is 2.26. The largest absolute Gasteiger partial charge is 0.349 e. The van der Waals surface area contributed by atoms with Gasteiger partial charge in [-0.1, -0.05) is 13.0 Å². The molecule has 4 heteroatoms. The van der Waals surface area contributed by atoms with Gasteiger partial charge >= 0.3 is 0 Å². The third-order valence-electron chi connectivity index (χ3n) is 2.16. The second kappa shape index (κ2) is 5.71. The van der Waals surface area contributed by atoms with E-state index in [1.165, 1.54) is 0 Å². The normalized spacial score (nSPS) is 12.2. The number of rotatable bonds is 4. The second-order valence-corrected chi connectivity index (χ2v) is 3.95.